The summed E-state index contributed by atoms with van der Waals surface area (Å²) in [5.74, 6) is 0. The minimum atomic E-state index is 0.263. The molecule has 5 nitrogen and oxygen atoms in total. The molecule has 1 aliphatic rings. The maximum absolute atomic E-state index is 5.76. The Morgan fingerprint density at radius 1 is 1.50 bits per heavy atom. The van der Waals surface area contributed by atoms with E-state index < -0.39 is 0 Å². The summed E-state index contributed by atoms with van der Waals surface area (Å²) in [7, 11) is 1.75. The third-order valence-electron chi connectivity index (χ3n) is 3.38. The van der Waals surface area contributed by atoms with Gasteiger partial charge in [0.1, 0.15) is 5.52 Å². The Hall–Kier alpha value is -1.75. The third-order valence-corrected chi connectivity index (χ3v) is 3.38. The van der Waals surface area contributed by atoms with Crippen LogP contribution in [0.25, 0.3) is 11.1 Å². The molecule has 2 aromatic rings. The van der Waals surface area contributed by atoms with Crippen molar-refractivity contribution in [1.29, 1.82) is 0 Å². The minimum absolute atomic E-state index is 0.263. The normalized spacial score (nSPS) is 20.5. The summed E-state index contributed by atoms with van der Waals surface area (Å²) in [5, 5.41) is 0. The molecule has 0 aliphatic carbocycles. The molecule has 1 aromatic heterocycles. The smallest absolute Gasteiger partial charge is 0.298 e. The van der Waals surface area contributed by atoms with Gasteiger partial charge in [0.2, 0.25) is 0 Å². The standard InChI is InChI=1S/C13H17N3O2/c1-17-10-3-2-6-16(8-10)13-15-11-5-4-9(14)7-12(11)18-13/h4-5,7,10H,2-3,6,8,14H2,1H3. The van der Waals surface area contributed by atoms with Crippen LogP contribution in [-0.4, -0.2) is 31.3 Å². The minimum Gasteiger partial charge on any atom is -0.423 e. The van der Waals surface area contributed by atoms with E-state index in [9.17, 15) is 0 Å². The van der Waals surface area contributed by atoms with Crippen molar-refractivity contribution in [3.8, 4) is 0 Å². The Labute approximate surface area is 106 Å². The SMILES string of the molecule is COC1CCCN(c2nc3ccc(N)cc3o2)C1. The Morgan fingerprint density at radius 2 is 2.39 bits per heavy atom. The largest absolute Gasteiger partial charge is 0.423 e. The van der Waals surface area contributed by atoms with Crippen LogP contribution in [0, 0.1) is 0 Å². The first kappa shape index (κ1) is 11.3. The van der Waals surface area contributed by atoms with Crippen molar-refractivity contribution >= 4 is 22.8 Å². The lowest BCUT2D eigenvalue weighted by molar-refractivity contribution is 0.0880. The van der Waals surface area contributed by atoms with E-state index in [1.54, 1.807) is 7.11 Å². The van der Waals surface area contributed by atoms with Crippen LogP contribution in [0.1, 0.15) is 12.8 Å². The topological polar surface area (TPSA) is 64.5 Å². The highest BCUT2D eigenvalue weighted by molar-refractivity contribution is 5.78. The van der Waals surface area contributed by atoms with E-state index in [-0.39, 0.29) is 6.10 Å². The van der Waals surface area contributed by atoms with E-state index in [0.29, 0.717) is 11.7 Å². The molecule has 18 heavy (non-hydrogen) atoms. The average molecular weight is 247 g/mol. The van der Waals surface area contributed by atoms with Gasteiger partial charge in [0, 0.05) is 32.0 Å². The zero-order valence-electron chi connectivity index (χ0n) is 10.4. The fourth-order valence-corrected chi connectivity index (χ4v) is 2.37. The van der Waals surface area contributed by atoms with Gasteiger partial charge < -0.3 is 19.8 Å². The van der Waals surface area contributed by atoms with Gasteiger partial charge in [0.25, 0.3) is 6.01 Å². The maximum atomic E-state index is 5.76. The number of piperidine rings is 1. The first-order valence-electron chi connectivity index (χ1n) is 6.20. The number of benzene rings is 1. The number of methoxy groups -OCH3 is 1. The summed E-state index contributed by atoms with van der Waals surface area (Å²) < 4.78 is 11.2. The molecule has 3 rings (SSSR count). The second-order valence-electron chi connectivity index (χ2n) is 4.67. The molecule has 0 saturated carbocycles. The zero-order valence-corrected chi connectivity index (χ0v) is 10.4. The molecule has 0 bridgehead atoms. The summed E-state index contributed by atoms with van der Waals surface area (Å²) in [6.45, 7) is 1.79. The highest BCUT2D eigenvalue weighted by Gasteiger charge is 2.23. The second-order valence-corrected chi connectivity index (χ2v) is 4.67. The number of anilines is 2. The van der Waals surface area contributed by atoms with Gasteiger partial charge in [-0.1, -0.05) is 0 Å². The molecule has 1 unspecified atom stereocenters. The number of nitrogen functional groups attached to an aromatic ring is 1. The van der Waals surface area contributed by atoms with Crippen molar-refractivity contribution in [2.45, 2.75) is 18.9 Å². The highest BCUT2D eigenvalue weighted by Crippen LogP contribution is 2.26. The molecule has 1 fully saturated rings. The molecule has 5 heteroatoms. The van der Waals surface area contributed by atoms with Crippen molar-refractivity contribution in [1.82, 2.24) is 4.98 Å². The molecule has 96 valence electrons. The number of hydrogen-bond acceptors (Lipinski definition) is 5. The first-order valence-corrected chi connectivity index (χ1v) is 6.20. The fraction of sp³-hybridized carbons (Fsp3) is 0.462. The number of ether oxygens (including phenoxy) is 1. The second kappa shape index (κ2) is 4.49. The van der Waals surface area contributed by atoms with Crippen LogP contribution >= 0.6 is 0 Å². The fourth-order valence-electron chi connectivity index (χ4n) is 2.37. The van der Waals surface area contributed by atoms with Crippen LogP contribution in [0.3, 0.4) is 0 Å². The van der Waals surface area contributed by atoms with E-state index in [1.807, 2.05) is 18.2 Å². The quantitative estimate of drug-likeness (QED) is 0.822. The van der Waals surface area contributed by atoms with Crippen molar-refractivity contribution in [2.24, 2.45) is 0 Å². The third kappa shape index (κ3) is 2.01. The summed E-state index contributed by atoms with van der Waals surface area (Å²) in [6.07, 6.45) is 2.46. The van der Waals surface area contributed by atoms with E-state index >= 15 is 0 Å². The van der Waals surface area contributed by atoms with Crippen molar-refractivity contribution in [3.63, 3.8) is 0 Å². The Morgan fingerprint density at radius 3 is 3.22 bits per heavy atom. The molecular formula is C13H17N3O2. The van der Waals surface area contributed by atoms with E-state index in [2.05, 4.69) is 9.88 Å². The number of fused-ring (bicyclic) bond motifs is 1. The average Bonchev–Trinajstić information content (AvgIpc) is 2.81. The van der Waals surface area contributed by atoms with Crippen LogP contribution in [0.2, 0.25) is 0 Å². The molecule has 0 amide bonds. The zero-order chi connectivity index (χ0) is 12.5. The van der Waals surface area contributed by atoms with Gasteiger partial charge in [-0.15, -0.1) is 0 Å². The first-order chi connectivity index (χ1) is 8.76. The van der Waals surface area contributed by atoms with Gasteiger partial charge >= 0.3 is 0 Å². The van der Waals surface area contributed by atoms with E-state index in [1.165, 1.54) is 0 Å². The van der Waals surface area contributed by atoms with Crippen LogP contribution < -0.4 is 10.6 Å². The number of aromatic nitrogens is 1. The van der Waals surface area contributed by atoms with Gasteiger partial charge in [-0.3, -0.25) is 0 Å². The molecular weight excluding hydrogens is 230 g/mol. The predicted octanol–water partition coefficient (Wildman–Crippen LogP) is 2.03. The van der Waals surface area contributed by atoms with Crippen molar-refractivity contribution in [2.75, 3.05) is 30.8 Å². The van der Waals surface area contributed by atoms with Crippen LogP contribution in [0.15, 0.2) is 22.6 Å². The highest BCUT2D eigenvalue weighted by atomic mass is 16.5. The van der Waals surface area contributed by atoms with Gasteiger partial charge in [-0.05, 0) is 25.0 Å². The van der Waals surface area contributed by atoms with Crippen LogP contribution in [0.4, 0.5) is 11.7 Å². The molecule has 1 atom stereocenters. The van der Waals surface area contributed by atoms with Crippen LogP contribution in [0.5, 0.6) is 0 Å². The van der Waals surface area contributed by atoms with E-state index in [0.717, 1.165) is 37.0 Å². The molecule has 0 spiro atoms. The lowest BCUT2D eigenvalue weighted by atomic mass is 10.1. The van der Waals surface area contributed by atoms with Crippen molar-refractivity contribution in [3.05, 3.63) is 18.2 Å². The molecule has 0 radical (unpaired) electrons. The number of oxazole rings is 1. The van der Waals surface area contributed by atoms with E-state index in [4.69, 9.17) is 14.9 Å². The summed E-state index contributed by atoms with van der Waals surface area (Å²) in [4.78, 5) is 6.63. The van der Waals surface area contributed by atoms with Gasteiger partial charge in [0.05, 0.1) is 6.10 Å². The number of nitrogens with zero attached hydrogens (tertiary/aromatic N) is 2. The monoisotopic (exact) mass is 247 g/mol. The number of rotatable bonds is 2. The number of nitrogens with two attached hydrogens (primary N) is 1. The van der Waals surface area contributed by atoms with Gasteiger partial charge in [-0.25, -0.2) is 0 Å². The molecule has 2 N–H and O–H groups in total. The summed E-state index contributed by atoms with van der Waals surface area (Å²) in [6, 6.07) is 6.19. The predicted molar refractivity (Wildman–Crippen MR) is 70.7 cm³/mol. The lowest BCUT2D eigenvalue weighted by Gasteiger charge is -2.30. The van der Waals surface area contributed by atoms with Crippen LogP contribution in [-0.2, 0) is 4.74 Å². The van der Waals surface area contributed by atoms with Gasteiger partial charge in [0.15, 0.2) is 5.58 Å². The van der Waals surface area contributed by atoms with Gasteiger partial charge in [-0.2, -0.15) is 4.98 Å². The summed E-state index contributed by atoms with van der Waals surface area (Å²) >= 11 is 0. The summed E-state index contributed by atoms with van der Waals surface area (Å²) in [5.41, 5.74) is 8.01. The molecule has 1 aromatic carbocycles. The molecule has 1 aliphatic heterocycles. The molecule has 2 heterocycles. The molecule has 1 saturated heterocycles. The van der Waals surface area contributed by atoms with Crippen molar-refractivity contribution < 1.29 is 9.15 Å². The Balaban J connectivity index is 1.89. The maximum Gasteiger partial charge on any atom is 0.298 e. The Kier molecular flexibility index (Phi) is 2.83. The lowest BCUT2D eigenvalue weighted by Crippen LogP contribution is -2.39. The Bertz CT molecular complexity index is 552. The number of hydrogen-bond donors (Lipinski definition) is 1.